The maximum atomic E-state index is 13.2. The fraction of sp³-hybridized carbons (Fsp3) is 0.625. The topological polar surface area (TPSA) is 83.2 Å². The van der Waals surface area contributed by atoms with E-state index in [1.165, 1.54) is 0 Å². The highest BCUT2D eigenvalue weighted by Gasteiger charge is 2.38. The summed E-state index contributed by atoms with van der Waals surface area (Å²) < 4.78 is 41.1. The Hall–Kier alpha value is -1.49. The number of thiophene rings is 1. The lowest BCUT2D eigenvalue weighted by Crippen LogP contribution is -2.38. The number of aromatic nitrogens is 3. The molecule has 0 saturated carbocycles. The van der Waals surface area contributed by atoms with E-state index in [1.807, 2.05) is 6.92 Å². The molecule has 10 heteroatoms. The standard InChI is InChI=1S/C16H21F3N4O2S/c1-8-3-9(4-11(20-8)12-6-23(2)22-21-12)15-10(13(25)7-24)5-14(26-15)16(17,18)19/h5-6,8-9,11,13,20,24-25H,3-4,7H2,1-2H3/t8?,9?,11?,13-/m1/s1. The third-order valence-corrected chi connectivity index (χ3v) is 5.95. The third-order valence-electron chi connectivity index (χ3n) is 4.59. The maximum absolute atomic E-state index is 13.2. The summed E-state index contributed by atoms with van der Waals surface area (Å²) in [7, 11) is 1.75. The predicted octanol–water partition coefficient (Wildman–Crippen LogP) is 2.52. The minimum Gasteiger partial charge on any atom is -0.393 e. The van der Waals surface area contributed by atoms with Gasteiger partial charge in [-0.15, -0.1) is 16.4 Å². The van der Waals surface area contributed by atoms with Gasteiger partial charge < -0.3 is 15.5 Å². The molecule has 144 valence electrons. The predicted molar refractivity (Wildman–Crippen MR) is 89.7 cm³/mol. The normalized spacial score (nSPS) is 25.4. The van der Waals surface area contributed by atoms with Crippen LogP contribution in [0, 0.1) is 0 Å². The molecule has 0 bridgehead atoms. The number of halogens is 3. The van der Waals surface area contributed by atoms with E-state index in [-0.39, 0.29) is 23.6 Å². The summed E-state index contributed by atoms with van der Waals surface area (Å²) in [5.74, 6) is -0.171. The molecule has 0 radical (unpaired) electrons. The lowest BCUT2D eigenvalue weighted by molar-refractivity contribution is -0.134. The highest BCUT2D eigenvalue weighted by molar-refractivity contribution is 7.12. The van der Waals surface area contributed by atoms with Crippen molar-refractivity contribution in [3.05, 3.63) is 33.3 Å². The van der Waals surface area contributed by atoms with Crippen LogP contribution in [0.25, 0.3) is 0 Å². The van der Waals surface area contributed by atoms with Gasteiger partial charge in [-0.1, -0.05) is 5.21 Å². The number of nitrogens with one attached hydrogen (secondary N) is 1. The Balaban J connectivity index is 1.94. The molecule has 1 fully saturated rings. The highest BCUT2D eigenvalue weighted by Crippen LogP contribution is 2.46. The van der Waals surface area contributed by atoms with Crippen LogP contribution in [0.5, 0.6) is 0 Å². The van der Waals surface area contributed by atoms with Crippen LogP contribution < -0.4 is 5.32 Å². The molecule has 1 aliphatic rings. The van der Waals surface area contributed by atoms with Gasteiger partial charge in [-0.25, -0.2) is 0 Å². The largest absolute Gasteiger partial charge is 0.425 e. The van der Waals surface area contributed by atoms with Gasteiger partial charge in [-0.3, -0.25) is 4.68 Å². The first-order valence-corrected chi connectivity index (χ1v) is 9.12. The Labute approximate surface area is 152 Å². The summed E-state index contributed by atoms with van der Waals surface area (Å²) in [5.41, 5.74) is 0.905. The number of rotatable bonds is 4. The molecule has 1 saturated heterocycles. The molecule has 3 heterocycles. The van der Waals surface area contributed by atoms with Crippen molar-refractivity contribution in [2.24, 2.45) is 7.05 Å². The number of hydrogen-bond acceptors (Lipinski definition) is 6. The fourth-order valence-corrected chi connectivity index (χ4v) is 4.68. The van der Waals surface area contributed by atoms with Gasteiger partial charge in [-0.2, -0.15) is 13.2 Å². The molecule has 3 unspecified atom stereocenters. The lowest BCUT2D eigenvalue weighted by atomic mass is 9.84. The van der Waals surface area contributed by atoms with Crippen molar-refractivity contribution in [2.75, 3.05) is 6.61 Å². The Kier molecular flexibility index (Phi) is 5.38. The van der Waals surface area contributed by atoms with Crippen molar-refractivity contribution >= 4 is 11.3 Å². The van der Waals surface area contributed by atoms with Gasteiger partial charge in [-0.05, 0) is 37.3 Å². The number of nitrogens with zero attached hydrogens (tertiary/aromatic N) is 3. The number of piperidine rings is 1. The molecule has 0 aromatic carbocycles. The van der Waals surface area contributed by atoms with E-state index in [9.17, 15) is 23.4 Å². The average Bonchev–Trinajstić information content (AvgIpc) is 3.19. The van der Waals surface area contributed by atoms with Gasteiger partial charge in [0.05, 0.1) is 18.3 Å². The number of aryl methyl sites for hydroxylation is 1. The minimum absolute atomic E-state index is 0.0660. The molecule has 6 nitrogen and oxygen atoms in total. The molecule has 0 aliphatic carbocycles. The zero-order valence-electron chi connectivity index (χ0n) is 14.4. The van der Waals surface area contributed by atoms with Crippen LogP contribution in [-0.2, 0) is 13.2 Å². The molecule has 3 rings (SSSR count). The second-order valence-electron chi connectivity index (χ2n) is 6.73. The Morgan fingerprint density at radius 2 is 2.15 bits per heavy atom. The SMILES string of the molecule is CC1CC(c2sc(C(F)(F)F)cc2[C@H](O)CO)CC(c2cn(C)nn2)N1. The summed E-state index contributed by atoms with van der Waals surface area (Å²) in [6, 6.07) is 0.898. The van der Waals surface area contributed by atoms with Crippen LogP contribution in [0.3, 0.4) is 0 Å². The first-order chi connectivity index (χ1) is 12.2. The Morgan fingerprint density at radius 1 is 1.42 bits per heavy atom. The Morgan fingerprint density at radius 3 is 2.73 bits per heavy atom. The minimum atomic E-state index is -4.48. The third kappa shape index (κ3) is 3.93. The van der Waals surface area contributed by atoms with E-state index in [0.29, 0.717) is 29.1 Å². The average molecular weight is 390 g/mol. The van der Waals surface area contributed by atoms with Crippen molar-refractivity contribution in [3.8, 4) is 0 Å². The van der Waals surface area contributed by atoms with E-state index < -0.39 is 23.8 Å². The maximum Gasteiger partial charge on any atom is 0.425 e. The number of alkyl halides is 3. The van der Waals surface area contributed by atoms with Gasteiger partial charge in [0.1, 0.15) is 11.0 Å². The van der Waals surface area contributed by atoms with Crippen molar-refractivity contribution in [1.82, 2.24) is 20.3 Å². The first kappa shape index (κ1) is 19.3. The molecular formula is C16H21F3N4O2S. The van der Waals surface area contributed by atoms with E-state index >= 15 is 0 Å². The van der Waals surface area contributed by atoms with Crippen LogP contribution >= 0.6 is 11.3 Å². The first-order valence-electron chi connectivity index (χ1n) is 8.31. The monoisotopic (exact) mass is 390 g/mol. The van der Waals surface area contributed by atoms with Crippen molar-refractivity contribution in [1.29, 1.82) is 0 Å². The van der Waals surface area contributed by atoms with E-state index in [4.69, 9.17) is 0 Å². The second-order valence-corrected chi connectivity index (χ2v) is 7.82. The van der Waals surface area contributed by atoms with Gasteiger partial charge >= 0.3 is 6.18 Å². The number of aliphatic hydroxyl groups is 2. The Bertz CT molecular complexity index is 761. The van der Waals surface area contributed by atoms with Crippen molar-refractivity contribution in [2.45, 2.75) is 50.0 Å². The molecule has 0 amide bonds. The number of aliphatic hydroxyl groups excluding tert-OH is 2. The molecular weight excluding hydrogens is 369 g/mol. The molecule has 26 heavy (non-hydrogen) atoms. The van der Waals surface area contributed by atoms with Crippen LogP contribution in [-0.4, -0.2) is 37.9 Å². The van der Waals surface area contributed by atoms with Crippen molar-refractivity contribution < 1.29 is 23.4 Å². The smallest absolute Gasteiger partial charge is 0.393 e. The van der Waals surface area contributed by atoms with Gasteiger partial charge in [0, 0.05) is 24.2 Å². The summed E-state index contributed by atoms with van der Waals surface area (Å²) in [5, 5.41) is 30.7. The van der Waals surface area contributed by atoms with Gasteiger partial charge in [0.2, 0.25) is 0 Å². The summed E-state index contributed by atoms with van der Waals surface area (Å²) >= 11 is 0.656. The van der Waals surface area contributed by atoms with Crippen LogP contribution in [0.4, 0.5) is 13.2 Å². The van der Waals surface area contributed by atoms with Crippen LogP contribution in [0.2, 0.25) is 0 Å². The van der Waals surface area contributed by atoms with Crippen molar-refractivity contribution in [3.63, 3.8) is 0 Å². The van der Waals surface area contributed by atoms with Gasteiger partial charge in [0.15, 0.2) is 0 Å². The van der Waals surface area contributed by atoms with Gasteiger partial charge in [0.25, 0.3) is 0 Å². The second kappa shape index (κ2) is 7.26. The van der Waals surface area contributed by atoms with Crippen LogP contribution in [0.15, 0.2) is 12.3 Å². The molecule has 4 atom stereocenters. The summed E-state index contributed by atoms with van der Waals surface area (Å²) in [4.78, 5) is -0.265. The molecule has 1 aliphatic heterocycles. The van der Waals surface area contributed by atoms with E-state index in [0.717, 1.165) is 11.8 Å². The van der Waals surface area contributed by atoms with E-state index in [1.54, 1.807) is 17.9 Å². The fourth-order valence-electron chi connectivity index (χ4n) is 3.47. The number of hydrogen-bond donors (Lipinski definition) is 3. The molecule has 2 aromatic rings. The zero-order valence-corrected chi connectivity index (χ0v) is 15.2. The van der Waals surface area contributed by atoms with Crippen LogP contribution in [0.1, 0.15) is 58.8 Å². The molecule has 3 N–H and O–H groups in total. The quantitative estimate of drug-likeness (QED) is 0.747. The highest BCUT2D eigenvalue weighted by atomic mass is 32.1. The summed E-state index contributed by atoms with van der Waals surface area (Å²) in [6.07, 6.45) is -2.83. The molecule has 0 spiro atoms. The van der Waals surface area contributed by atoms with E-state index in [2.05, 4.69) is 15.6 Å². The lowest BCUT2D eigenvalue weighted by Gasteiger charge is -2.34. The molecule has 2 aromatic heterocycles. The summed E-state index contributed by atoms with van der Waals surface area (Å²) in [6.45, 7) is 1.35. The zero-order chi connectivity index (χ0) is 19.1.